The number of thioether (sulfide) groups is 1. The van der Waals surface area contributed by atoms with E-state index in [0.717, 1.165) is 35.8 Å². The van der Waals surface area contributed by atoms with Crippen molar-refractivity contribution >= 4 is 29.3 Å². The van der Waals surface area contributed by atoms with E-state index in [4.69, 9.17) is 4.74 Å². The molecule has 2 unspecified atom stereocenters. The second-order valence-corrected chi connectivity index (χ2v) is 6.94. The van der Waals surface area contributed by atoms with E-state index in [1.807, 2.05) is 7.05 Å². The fourth-order valence-electron chi connectivity index (χ4n) is 2.38. The van der Waals surface area contributed by atoms with Crippen LogP contribution in [0.1, 0.15) is 32.0 Å². The average molecular weight is 301 g/mol. The van der Waals surface area contributed by atoms with E-state index in [0.29, 0.717) is 5.25 Å². The minimum absolute atomic E-state index is 0.162. The zero-order valence-electron chi connectivity index (χ0n) is 11.4. The van der Waals surface area contributed by atoms with Crippen LogP contribution in [-0.4, -0.2) is 40.3 Å². The van der Waals surface area contributed by atoms with E-state index in [1.54, 1.807) is 11.8 Å². The van der Waals surface area contributed by atoms with Crippen LogP contribution < -0.4 is 5.32 Å². The number of likely N-dealkylation sites (N-methyl/N-ethyl adjacent to an activating group) is 1. The molecule has 1 aromatic heterocycles. The number of nitrogens with one attached hydrogen (secondary N) is 1. The number of carbonyl (C=O) groups excluding carboxylic acids is 1. The molecule has 5 nitrogen and oxygen atoms in total. The summed E-state index contributed by atoms with van der Waals surface area (Å²) >= 11 is 3.18. The Morgan fingerprint density at radius 3 is 3.05 bits per heavy atom. The Balaban J connectivity index is 1.99. The number of aryl methyl sites for hydroxylation is 1. The van der Waals surface area contributed by atoms with Gasteiger partial charge in [0.1, 0.15) is 11.4 Å². The third-order valence-electron chi connectivity index (χ3n) is 3.56. The highest BCUT2D eigenvalue weighted by Gasteiger charge is 2.45. The predicted octanol–water partition coefficient (Wildman–Crippen LogP) is 1.88. The smallest absolute Gasteiger partial charge is 0.326 e. The molecule has 0 aliphatic heterocycles. The molecular weight excluding hydrogens is 282 g/mol. The topological polar surface area (TPSA) is 64.1 Å². The zero-order chi connectivity index (χ0) is 13.9. The van der Waals surface area contributed by atoms with Gasteiger partial charge in [0.05, 0.1) is 7.11 Å². The third kappa shape index (κ3) is 3.09. The molecule has 1 fully saturated rings. The van der Waals surface area contributed by atoms with Crippen molar-refractivity contribution in [3.8, 4) is 0 Å². The van der Waals surface area contributed by atoms with Gasteiger partial charge in [-0.15, -0.1) is 0 Å². The van der Waals surface area contributed by atoms with E-state index in [1.165, 1.54) is 18.6 Å². The van der Waals surface area contributed by atoms with Crippen molar-refractivity contribution in [3.63, 3.8) is 0 Å². The molecule has 0 bridgehead atoms. The molecule has 1 aliphatic carbocycles. The molecule has 1 aliphatic rings. The Morgan fingerprint density at radius 1 is 1.68 bits per heavy atom. The summed E-state index contributed by atoms with van der Waals surface area (Å²) in [6, 6.07) is 0. The summed E-state index contributed by atoms with van der Waals surface area (Å²) in [5.41, 5.74) is -0.523. The largest absolute Gasteiger partial charge is 0.468 e. The van der Waals surface area contributed by atoms with Gasteiger partial charge in [-0.1, -0.05) is 18.7 Å². The predicted molar refractivity (Wildman–Crippen MR) is 76.6 cm³/mol. The first kappa shape index (κ1) is 14.7. The standard InChI is InChI=1S/C12H19N3O2S2/c1-4-9-14-11(19-15-9)18-8-5-6-12(7-8,13-2)10(16)17-3/h8,13H,4-7H2,1-3H3. The minimum Gasteiger partial charge on any atom is -0.468 e. The third-order valence-corrected chi connectivity index (χ3v) is 5.65. The second-order valence-electron chi connectivity index (χ2n) is 4.64. The minimum atomic E-state index is -0.523. The molecule has 1 saturated carbocycles. The molecule has 1 N–H and O–H groups in total. The molecule has 2 atom stereocenters. The molecule has 106 valence electrons. The van der Waals surface area contributed by atoms with E-state index >= 15 is 0 Å². The van der Waals surface area contributed by atoms with Gasteiger partial charge in [0.25, 0.3) is 0 Å². The van der Waals surface area contributed by atoms with Crippen LogP contribution in [0, 0.1) is 0 Å². The summed E-state index contributed by atoms with van der Waals surface area (Å²) in [7, 11) is 3.27. The van der Waals surface area contributed by atoms with Gasteiger partial charge in [0.15, 0.2) is 4.34 Å². The average Bonchev–Trinajstić information content (AvgIpc) is 3.05. The summed E-state index contributed by atoms with van der Waals surface area (Å²) in [6.07, 6.45) is 3.45. The lowest BCUT2D eigenvalue weighted by Crippen LogP contribution is -2.49. The number of hydrogen-bond donors (Lipinski definition) is 1. The molecule has 7 heteroatoms. The highest BCUT2D eigenvalue weighted by molar-refractivity contribution is 8.01. The molecule has 2 rings (SSSR count). The molecule has 19 heavy (non-hydrogen) atoms. The van der Waals surface area contributed by atoms with Crippen LogP contribution in [0.4, 0.5) is 0 Å². The number of rotatable bonds is 5. The molecule has 0 amide bonds. The van der Waals surface area contributed by atoms with E-state index in [9.17, 15) is 4.79 Å². The maximum absolute atomic E-state index is 11.9. The van der Waals surface area contributed by atoms with Gasteiger partial charge in [-0.3, -0.25) is 4.79 Å². The molecule has 0 radical (unpaired) electrons. The van der Waals surface area contributed by atoms with Crippen molar-refractivity contribution in [1.82, 2.24) is 14.7 Å². The summed E-state index contributed by atoms with van der Waals surface area (Å²) in [5.74, 6) is 0.739. The number of nitrogens with zero attached hydrogens (tertiary/aromatic N) is 2. The summed E-state index contributed by atoms with van der Waals surface area (Å²) in [4.78, 5) is 16.4. The van der Waals surface area contributed by atoms with Crippen molar-refractivity contribution in [3.05, 3.63) is 5.82 Å². The Labute approximate surface area is 121 Å². The monoisotopic (exact) mass is 301 g/mol. The van der Waals surface area contributed by atoms with Crippen molar-refractivity contribution in [1.29, 1.82) is 0 Å². The van der Waals surface area contributed by atoms with Crippen LogP contribution in [0.15, 0.2) is 4.34 Å². The van der Waals surface area contributed by atoms with Crippen LogP contribution in [0.25, 0.3) is 0 Å². The lowest BCUT2D eigenvalue weighted by atomic mass is 9.98. The maximum Gasteiger partial charge on any atom is 0.326 e. The Morgan fingerprint density at radius 2 is 2.47 bits per heavy atom. The molecule has 1 heterocycles. The van der Waals surface area contributed by atoms with Crippen LogP contribution in [0.2, 0.25) is 0 Å². The zero-order valence-corrected chi connectivity index (χ0v) is 13.1. The van der Waals surface area contributed by atoms with Crippen molar-refractivity contribution < 1.29 is 9.53 Å². The Bertz CT molecular complexity index is 452. The first-order chi connectivity index (χ1) is 9.13. The van der Waals surface area contributed by atoms with Crippen LogP contribution in [-0.2, 0) is 16.0 Å². The van der Waals surface area contributed by atoms with Gasteiger partial charge in [-0.2, -0.15) is 4.37 Å². The maximum atomic E-state index is 11.9. The fourth-order valence-corrected chi connectivity index (χ4v) is 4.62. The quantitative estimate of drug-likeness (QED) is 0.838. The number of hydrogen-bond acceptors (Lipinski definition) is 7. The van der Waals surface area contributed by atoms with E-state index in [-0.39, 0.29) is 5.97 Å². The SMILES string of the molecule is CCc1nsc(SC2CCC(NC)(C(=O)OC)C2)n1. The molecule has 0 saturated heterocycles. The highest BCUT2D eigenvalue weighted by atomic mass is 32.2. The Kier molecular flexibility index (Phi) is 4.81. The number of aromatic nitrogens is 2. The van der Waals surface area contributed by atoms with Gasteiger partial charge in [-0.05, 0) is 37.8 Å². The summed E-state index contributed by atoms with van der Waals surface area (Å²) in [6.45, 7) is 2.05. The number of ether oxygens (including phenoxy) is 1. The van der Waals surface area contributed by atoms with Gasteiger partial charge in [0, 0.05) is 11.7 Å². The second kappa shape index (κ2) is 6.19. The number of esters is 1. The van der Waals surface area contributed by atoms with E-state index in [2.05, 4.69) is 21.6 Å². The summed E-state index contributed by atoms with van der Waals surface area (Å²) < 4.78 is 10.2. The lowest BCUT2D eigenvalue weighted by molar-refractivity contribution is -0.148. The molecule has 0 spiro atoms. The molecule has 0 aromatic carbocycles. The van der Waals surface area contributed by atoms with Gasteiger partial charge in [-0.25, -0.2) is 4.98 Å². The highest BCUT2D eigenvalue weighted by Crippen LogP contribution is 2.41. The number of methoxy groups -OCH3 is 1. The normalized spacial score (nSPS) is 26.6. The van der Waals surface area contributed by atoms with Crippen LogP contribution in [0.5, 0.6) is 0 Å². The van der Waals surface area contributed by atoms with Crippen molar-refractivity contribution in [2.45, 2.75) is 47.7 Å². The van der Waals surface area contributed by atoms with Crippen molar-refractivity contribution in [2.24, 2.45) is 0 Å². The lowest BCUT2D eigenvalue weighted by Gasteiger charge is -2.25. The molecule has 1 aromatic rings. The fraction of sp³-hybridized carbons (Fsp3) is 0.750. The first-order valence-electron chi connectivity index (χ1n) is 6.40. The van der Waals surface area contributed by atoms with Gasteiger partial charge < -0.3 is 10.1 Å². The van der Waals surface area contributed by atoms with Gasteiger partial charge >= 0.3 is 5.97 Å². The number of carbonyl (C=O) groups is 1. The van der Waals surface area contributed by atoms with Crippen LogP contribution in [0.3, 0.4) is 0 Å². The first-order valence-corrected chi connectivity index (χ1v) is 8.05. The van der Waals surface area contributed by atoms with E-state index < -0.39 is 5.54 Å². The Hall–Kier alpha value is -0.660. The van der Waals surface area contributed by atoms with Crippen LogP contribution >= 0.6 is 23.3 Å². The van der Waals surface area contributed by atoms with Gasteiger partial charge in [0.2, 0.25) is 0 Å². The summed E-state index contributed by atoms with van der Waals surface area (Å²) in [5, 5.41) is 3.53. The van der Waals surface area contributed by atoms with Crippen molar-refractivity contribution in [2.75, 3.05) is 14.2 Å². The molecular formula is C12H19N3O2S2.